The normalized spacial score (nSPS) is 22.8. The second-order valence-corrected chi connectivity index (χ2v) is 23.3. The van der Waals surface area contributed by atoms with Crippen molar-refractivity contribution in [3.05, 3.63) is 89.5 Å². The van der Waals surface area contributed by atoms with E-state index in [1.807, 2.05) is 41.5 Å². The van der Waals surface area contributed by atoms with Crippen LogP contribution in [0.2, 0.25) is 0 Å². The highest BCUT2D eigenvalue weighted by molar-refractivity contribution is 7.60. The SMILES string of the molecule is CC1(C)CO[P+]([O-])(C(O)c2ccc(Oc3nc(Oc4ccc(C(O)[P+]5([O-])OCC(C)(C)CO5)cc4)nc(Oc4ccc(C(O)[P+]5([O-])OCC(C)(C)CO5)cc4)n3)cc2)OC1. The topological polar surface area (TPSA) is 252 Å². The number of aromatic nitrogens is 3. The van der Waals surface area contributed by atoms with Crippen LogP contribution in [0.1, 0.15) is 75.8 Å². The number of ether oxygens (including phenoxy) is 3. The zero-order valence-corrected chi connectivity index (χ0v) is 36.5. The third-order valence-corrected chi connectivity index (χ3v) is 15.1. The van der Waals surface area contributed by atoms with Gasteiger partial charge in [0.1, 0.15) is 56.9 Å². The molecule has 0 saturated carbocycles. The summed E-state index contributed by atoms with van der Waals surface area (Å²) >= 11 is 0. The molecule has 3 aliphatic rings. The molecule has 21 heteroatoms. The molecule has 0 aliphatic carbocycles. The third-order valence-electron chi connectivity index (χ3n) is 9.45. The number of aliphatic hydroxyl groups excluding tert-OH is 3. The summed E-state index contributed by atoms with van der Waals surface area (Å²) < 4.78 is 50.7. The molecule has 1 aromatic heterocycles. The molecule has 0 radical (unpaired) electrons. The molecule has 0 amide bonds. The van der Waals surface area contributed by atoms with Crippen LogP contribution in [0.25, 0.3) is 0 Å². The van der Waals surface area contributed by atoms with E-state index < -0.39 is 41.4 Å². The lowest BCUT2D eigenvalue weighted by Gasteiger charge is -2.39. The lowest BCUT2D eigenvalue weighted by Crippen LogP contribution is -2.37. The standard InChI is InChI=1S/C39H48N3O15P3/c1-37(2)19-49-58(46,50-20-37)31(43)25-7-13-28(14-8-25)55-34-40-35(56-29-15-9-26(10-16-29)32(44)59(47)51-21-38(3,4)22-52-59)42-36(41-34)57-30-17-11-27(12-18-30)33(45)60(48)53-23-39(5,6)24-54-60/h7-18,31-33,43-45H,19-24H2,1-6H3. The zero-order valence-electron chi connectivity index (χ0n) is 33.8. The average molecular weight is 892 g/mol. The van der Waals surface area contributed by atoms with Crippen molar-refractivity contribution in [1.29, 1.82) is 0 Å². The van der Waals surface area contributed by atoms with E-state index in [9.17, 15) is 30.0 Å². The van der Waals surface area contributed by atoms with Gasteiger partial charge in [-0.25, -0.2) is 27.1 Å². The quantitative estimate of drug-likeness (QED) is 0.142. The highest BCUT2D eigenvalue weighted by Crippen LogP contribution is 2.68. The number of aliphatic hydroxyl groups is 3. The fourth-order valence-electron chi connectivity index (χ4n) is 5.69. The summed E-state index contributed by atoms with van der Waals surface area (Å²) in [5, 5.41) is 32.7. The Labute approximate surface area is 349 Å². The van der Waals surface area contributed by atoms with Crippen LogP contribution in [0.3, 0.4) is 0 Å². The van der Waals surface area contributed by atoms with E-state index in [4.69, 9.17) is 41.4 Å². The van der Waals surface area contributed by atoms with Crippen LogP contribution in [0.5, 0.6) is 35.3 Å². The van der Waals surface area contributed by atoms with Gasteiger partial charge in [-0.2, -0.15) is 0 Å². The van der Waals surface area contributed by atoms with Gasteiger partial charge in [0.25, 0.3) is 23.8 Å². The molecule has 3 N–H and O–H groups in total. The van der Waals surface area contributed by atoms with E-state index in [0.717, 1.165) is 0 Å². The first kappa shape index (κ1) is 44.9. The Morgan fingerprint density at radius 2 is 0.633 bits per heavy atom. The van der Waals surface area contributed by atoms with E-state index in [-0.39, 0.29) is 108 Å². The maximum Gasteiger partial charge on any atom is 0.331 e. The summed E-state index contributed by atoms with van der Waals surface area (Å²) in [7, 11) is -11.5. The van der Waals surface area contributed by atoms with Gasteiger partial charge in [-0.1, -0.05) is 41.5 Å². The second kappa shape index (κ2) is 17.2. The molecule has 18 nitrogen and oxygen atoms in total. The Morgan fingerprint density at radius 3 is 0.833 bits per heavy atom. The molecular formula is C39H48N3O15P3. The molecule has 3 aliphatic heterocycles. The van der Waals surface area contributed by atoms with Crippen molar-refractivity contribution in [1.82, 2.24) is 15.0 Å². The van der Waals surface area contributed by atoms with Crippen LogP contribution >= 0.6 is 23.8 Å². The lowest BCUT2D eigenvalue weighted by molar-refractivity contribution is -0.244. The first-order valence-corrected chi connectivity index (χ1v) is 23.8. The molecule has 0 bridgehead atoms. The number of hydrogen-bond acceptors (Lipinski definition) is 18. The largest absolute Gasteiger partial charge is 0.629 e. The minimum absolute atomic E-state index is 0.157. The summed E-state index contributed by atoms with van der Waals surface area (Å²) in [5.74, 6) is -3.96. The molecule has 324 valence electrons. The molecule has 3 saturated heterocycles. The van der Waals surface area contributed by atoms with Crippen molar-refractivity contribution in [3.63, 3.8) is 0 Å². The summed E-state index contributed by atoms with van der Waals surface area (Å²) in [4.78, 5) is 52.5. The van der Waals surface area contributed by atoms with Crippen LogP contribution in [-0.2, 0) is 27.1 Å². The Morgan fingerprint density at radius 1 is 0.433 bits per heavy atom. The molecule has 3 unspecified atom stereocenters. The van der Waals surface area contributed by atoms with E-state index in [1.54, 1.807) is 0 Å². The molecule has 3 atom stereocenters. The van der Waals surface area contributed by atoms with E-state index in [0.29, 0.717) is 0 Å². The van der Waals surface area contributed by atoms with Gasteiger partial charge in [0.2, 0.25) is 17.5 Å². The van der Waals surface area contributed by atoms with Crippen LogP contribution < -0.4 is 28.9 Å². The molecule has 3 fully saturated rings. The van der Waals surface area contributed by atoms with Gasteiger partial charge in [0.15, 0.2) is 0 Å². The number of rotatable bonds is 12. The van der Waals surface area contributed by atoms with Crippen molar-refractivity contribution in [2.45, 2.75) is 59.1 Å². The first-order chi connectivity index (χ1) is 28.1. The maximum atomic E-state index is 13.2. The van der Waals surface area contributed by atoms with Crippen molar-refractivity contribution < 1.29 is 71.4 Å². The van der Waals surface area contributed by atoms with Crippen molar-refractivity contribution in [2.75, 3.05) is 39.6 Å². The van der Waals surface area contributed by atoms with E-state index in [2.05, 4.69) is 15.0 Å². The number of nitrogens with zero attached hydrogens (tertiary/aromatic N) is 3. The molecule has 4 heterocycles. The van der Waals surface area contributed by atoms with Crippen molar-refractivity contribution in [3.8, 4) is 35.3 Å². The van der Waals surface area contributed by atoms with Crippen molar-refractivity contribution in [2.24, 2.45) is 16.2 Å². The lowest BCUT2D eigenvalue weighted by atomic mass is 9.97. The molecule has 0 spiro atoms. The smallest absolute Gasteiger partial charge is 0.331 e. The van der Waals surface area contributed by atoms with Gasteiger partial charge < -0.3 is 44.2 Å². The Hall–Kier alpha value is -3.12. The van der Waals surface area contributed by atoms with Crippen LogP contribution in [0.4, 0.5) is 0 Å². The van der Waals surface area contributed by atoms with Gasteiger partial charge in [0, 0.05) is 32.9 Å². The molecule has 3 aromatic carbocycles. The summed E-state index contributed by atoms with van der Waals surface area (Å²) in [6.45, 7) is 12.3. The van der Waals surface area contributed by atoms with E-state index >= 15 is 0 Å². The fourth-order valence-corrected chi connectivity index (χ4v) is 11.6. The Bertz CT molecular complexity index is 1830. The highest BCUT2D eigenvalue weighted by Gasteiger charge is 2.50. The maximum absolute atomic E-state index is 13.2. The minimum Gasteiger partial charge on any atom is -0.629 e. The third kappa shape index (κ3) is 10.6. The van der Waals surface area contributed by atoms with Crippen LogP contribution in [0.15, 0.2) is 72.8 Å². The zero-order chi connectivity index (χ0) is 43.1. The van der Waals surface area contributed by atoms with E-state index in [1.165, 1.54) is 72.8 Å². The highest BCUT2D eigenvalue weighted by atomic mass is 31.2. The second-order valence-electron chi connectivity index (χ2n) is 17.1. The molecular weight excluding hydrogens is 843 g/mol. The van der Waals surface area contributed by atoms with Crippen LogP contribution in [0, 0.1) is 16.2 Å². The van der Waals surface area contributed by atoms with Gasteiger partial charge in [-0.05, 0) is 72.8 Å². The average Bonchev–Trinajstić information content (AvgIpc) is 3.21. The first-order valence-electron chi connectivity index (χ1n) is 18.9. The monoisotopic (exact) mass is 891 g/mol. The molecule has 60 heavy (non-hydrogen) atoms. The molecule has 4 aromatic rings. The fraction of sp³-hybridized carbons (Fsp3) is 0.462. The number of benzene rings is 3. The van der Waals surface area contributed by atoms with Gasteiger partial charge in [-0.15, -0.1) is 15.0 Å². The number of hydrogen-bond donors (Lipinski definition) is 3. The summed E-state index contributed by atoms with van der Waals surface area (Å²) in [5.41, 5.74) is -0.251. The van der Waals surface area contributed by atoms with Crippen LogP contribution in [-0.4, -0.2) is 69.9 Å². The van der Waals surface area contributed by atoms with Gasteiger partial charge >= 0.3 is 18.0 Å². The minimum atomic E-state index is -3.85. The van der Waals surface area contributed by atoms with Crippen molar-refractivity contribution >= 4 is 23.8 Å². The predicted octanol–water partition coefficient (Wildman–Crippen LogP) is 5.81. The predicted molar refractivity (Wildman–Crippen MR) is 212 cm³/mol. The summed E-state index contributed by atoms with van der Waals surface area (Å²) in [6.07, 6.45) is 0. The van der Waals surface area contributed by atoms with Gasteiger partial charge in [0.05, 0.1) is 0 Å². The Balaban J connectivity index is 1.09. The Kier molecular flexibility index (Phi) is 12.9. The molecule has 7 rings (SSSR count). The summed E-state index contributed by atoms with van der Waals surface area (Å²) in [6, 6.07) is 17.1. The van der Waals surface area contributed by atoms with Gasteiger partial charge in [-0.3, -0.25) is 0 Å².